The predicted molar refractivity (Wildman–Crippen MR) is 194 cm³/mol. The van der Waals surface area contributed by atoms with Crippen LogP contribution < -0.4 is 0 Å². The van der Waals surface area contributed by atoms with E-state index in [-0.39, 0.29) is 0 Å². The molecule has 1 N–H and O–H groups in total. The summed E-state index contributed by atoms with van der Waals surface area (Å²) in [5.41, 5.74) is -2.64. The van der Waals surface area contributed by atoms with E-state index in [9.17, 15) is 4.89 Å². The van der Waals surface area contributed by atoms with Crippen LogP contribution in [0, 0.1) is 0 Å². The summed E-state index contributed by atoms with van der Waals surface area (Å²) in [6, 6.07) is 0. The van der Waals surface area contributed by atoms with Crippen molar-refractivity contribution in [1.82, 2.24) is 0 Å². The Morgan fingerprint density at radius 1 is 0.488 bits per heavy atom. The van der Waals surface area contributed by atoms with Gasteiger partial charge in [0.2, 0.25) is 5.69 Å². The van der Waals surface area contributed by atoms with Gasteiger partial charge in [-0.2, -0.15) is 0 Å². The average molecular weight is 631 g/mol. The Morgan fingerprint density at radius 3 is 1.20 bits per heavy atom. The van der Waals surface area contributed by atoms with Crippen molar-refractivity contribution < 1.29 is 9.42 Å². The molecule has 0 aromatic rings. The third-order valence-corrected chi connectivity index (χ3v) is 12.2. The van der Waals surface area contributed by atoms with Crippen LogP contribution in [0.2, 0.25) is 0 Å². The Kier molecular flexibility index (Phi) is 35.2. The summed E-state index contributed by atoms with van der Waals surface area (Å²) < 4.78 is 5.71. The molecule has 5 heteroatoms. The lowest BCUT2D eigenvalue weighted by Crippen LogP contribution is -1.92. The normalized spacial score (nSPS) is 13.5. The molecule has 0 bridgehead atoms. The Hall–Kier alpha value is 0.400. The van der Waals surface area contributed by atoms with Crippen LogP contribution in [0.25, 0.3) is 0 Å². The molecule has 0 aliphatic rings. The number of allylic oxidation sites excluding steroid dienone is 4. The van der Waals surface area contributed by atoms with Gasteiger partial charge in [0.25, 0.3) is 0 Å². The molecular weight excluding hydrogens is 560 g/mol. The fourth-order valence-electron chi connectivity index (χ4n) is 5.10. The highest BCUT2D eigenvalue weighted by Crippen LogP contribution is 2.56. The number of hydrogen-bond acceptors (Lipinski definition) is 3. The van der Waals surface area contributed by atoms with E-state index in [1.807, 2.05) is 0 Å². The van der Waals surface area contributed by atoms with Crippen molar-refractivity contribution in [1.29, 1.82) is 0 Å². The topological polar surface area (TPSA) is 29.5 Å². The van der Waals surface area contributed by atoms with E-state index < -0.39 is 5.69 Å². The van der Waals surface area contributed by atoms with Gasteiger partial charge in [0, 0.05) is 5.75 Å². The van der Waals surface area contributed by atoms with E-state index in [1.54, 1.807) is 0 Å². The first kappa shape index (κ1) is 41.4. The van der Waals surface area contributed by atoms with E-state index in [2.05, 4.69) is 38.2 Å². The lowest BCUT2D eigenvalue weighted by molar-refractivity contribution is 0.307. The summed E-state index contributed by atoms with van der Waals surface area (Å²) in [7, 11) is 0. The molecule has 0 spiro atoms. The van der Waals surface area contributed by atoms with Crippen molar-refractivity contribution >= 4 is 28.9 Å². The van der Waals surface area contributed by atoms with Gasteiger partial charge in [-0.15, -0.1) is 0 Å². The Bertz CT molecular complexity index is 560. The molecule has 244 valence electrons. The van der Waals surface area contributed by atoms with Gasteiger partial charge >= 0.3 is 0 Å². The zero-order valence-electron chi connectivity index (χ0n) is 27.6. The van der Waals surface area contributed by atoms with E-state index >= 15 is 0 Å². The molecule has 0 aliphatic heterocycles. The molecule has 0 aromatic carbocycles. The highest BCUT2D eigenvalue weighted by atomic mass is 32.9. The molecule has 1 unspecified atom stereocenters. The van der Waals surface area contributed by atoms with Gasteiger partial charge in [-0.05, 0) is 76.0 Å². The zero-order valence-corrected chi connectivity index (χ0v) is 30.2. The molecule has 2 nitrogen and oxygen atoms in total. The van der Waals surface area contributed by atoms with Crippen molar-refractivity contribution in [2.75, 3.05) is 12.4 Å². The maximum absolute atomic E-state index is 10.4. The van der Waals surface area contributed by atoms with E-state index in [1.165, 1.54) is 178 Å². The zero-order chi connectivity index (χ0) is 30.0. The van der Waals surface area contributed by atoms with Crippen LogP contribution >= 0.6 is 17.1 Å². The average Bonchev–Trinajstić information content (AvgIpc) is 2.96. The van der Waals surface area contributed by atoms with Gasteiger partial charge in [0.05, 0.1) is 6.61 Å². The number of rotatable bonds is 34. The van der Waals surface area contributed by atoms with Gasteiger partial charge in [0.1, 0.15) is 0 Å². The minimum atomic E-state index is -2.64. The minimum Gasteiger partial charge on any atom is -0.337 e. The van der Waals surface area contributed by atoms with Crippen LogP contribution in [0.5, 0.6) is 0 Å². The molecule has 0 fully saturated rings. The third-order valence-electron chi connectivity index (χ3n) is 7.82. The van der Waals surface area contributed by atoms with E-state index in [0.717, 1.165) is 18.6 Å². The second-order valence-corrected chi connectivity index (χ2v) is 18.3. The number of unbranched alkanes of at least 4 members (excludes halogenated alkanes) is 24. The molecule has 0 rings (SSSR count). The molecule has 0 radical (unpaired) electrons. The largest absolute Gasteiger partial charge is 0.337 e. The highest BCUT2D eigenvalue weighted by molar-refractivity contribution is 8.67. The summed E-state index contributed by atoms with van der Waals surface area (Å²) in [5, 5.41) is 0. The van der Waals surface area contributed by atoms with Crippen molar-refractivity contribution in [2.45, 2.75) is 194 Å². The van der Waals surface area contributed by atoms with Crippen LogP contribution in [0.3, 0.4) is 0 Å². The molecule has 0 aromatic heterocycles. The lowest BCUT2D eigenvalue weighted by atomic mass is 10.1. The van der Waals surface area contributed by atoms with Crippen molar-refractivity contribution in [3.05, 3.63) is 24.3 Å². The molecular formula is C36H71O2PS2. The van der Waals surface area contributed by atoms with Gasteiger partial charge < -0.3 is 9.42 Å². The third kappa shape index (κ3) is 36.5. The predicted octanol–water partition coefficient (Wildman–Crippen LogP) is 14.0. The quantitative estimate of drug-likeness (QED) is 0.0435. The molecule has 0 amide bonds. The monoisotopic (exact) mass is 630 g/mol. The Morgan fingerprint density at radius 2 is 0.805 bits per heavy atom. The van der Waals surface area contributed by atoms with E-state index in [0.29, 0.717) is 6.61 Å². The molecule has 1 atom stereocenters. The van der Waals surface area contributed by atoms with Crippen LogP contribution in [0.4, 0.5) is 0 Å². The summed E-state index contributed by atoms with van der Waals surface area (Å²) in [4.78, 5) is 10.4. The molecule has 0 heterocycles. The van der Waals surface area contributed by atoms with Crippen molar-refractivity contribution in [2.24, 2.45) is 0 Å². The molecule has 0 saturated heterocycles. The molecule has 41 heavy (non-hydrogen) atoms. The van der Waals surface area contributed by atoms with Crippen LogP contribution in [-0.2, 0) is 16.3 Å². The number of hydrogen-bond donors (Lipinski definition) is 1. The lowest BCUT2D eigenvalue weighted by Gasteiger charge is -2.14. The first-order valence-corrected chi connectivity index (χ1v) is 22.3. The van der Waals surface area contributed by atoms with Gasteiger partial charge in [0.15, 0.2) is 0 Å². The second kappa shape index (κ2) is 34.9. The first-order chi connectivity index (χ1) is 20.1. The smallest absolute Gasteiger partial charge is 0.244 e. The van der Waals surface area contributed by atoms with Crippen LogP contribution in [0.15, 0.2) is 24.3 Å². The molecule has 0 aliphatic carbocycles. The summed E-state index contributed by atoms with van der Waals surface area (Å²) >= 11 is 6.86. The van der Waals surface area contributed by atoms with Crippen LogP contribution in [0.1, 0.15) is 194 Å². The highest BCUT2D eigenvalue weighted by Gasteiger charge is 2.13. The summed E-state index contributed by atoms with van der Waals surface area (Å²) in [5.74, 6) is 0.933. The Balaban J connectivity index is 3.35. The van der Waals surface area contributed by atoms with Gasteiger partial charge in [-0.3, -0.25) is 0 Å². The van der Waals surface area contributed by atoms with Crippen molar-refractivity contribution in [3.8, 4) is 0 Å². The fourth-order valence-corrected chi connectivity index (χ4v) is 8.52. The van der Waals surface area contributed by atoms with Crippen LogP contribution in [-0.4, -0.2) is 17.3 Å². The fraction of sp³-hybridized carbons (Fsp3) is 0.889. The van der Waals surface area contributed by atoms with Gasteiger partial charge in [-0.25, -0.2) is 0 Å². The molecule has 0 saturated carbocycles. The first-order valence-electron chi connectivity index (χ1n) is 18.0. The standard InChI is InChI=1S/C36H71O2PS2/c1-3-5-7-9-11-13-15-17-19-21-23-25-27-29-31-33-35-38-39(37,40)41-36-34-32-30-28-26-24-22-20-18-16-14-12-10-8-6-4-2/h17-20H,3-16,21-36H2,1-2H3,(H,37,40). The summed E-state index contributed by atoms with van der Waals surface area (Å²) in [6.45, 7) is 5.18. The maximum Gasteiger partial charge on any atom is 0.244 e. The summed E-state index contributed by atoms with van der Waals surface area (Å²) in [6.07, 6.45) is 46.3. The second-order valence-electron chi connectivity index (χ2n) is 12.0. The Labute approximate surface area is 267 Å². The maximum atomic E-state index is 10.4. The minimum absolute atomic E-state index is 0.620. The van der Waals surface area contributed by atoms with Crippen molar-refractivity contribution in [3.63, 3.8) is 0 Å². The SMILES string of the molecule is CCCCCCCCC=CCCCCCCCCOP(O)(=S)SCCCCCCCCC=CCCCCCCCC. The van der Waals surface area contributed by atoms with Gasteiger partial charge in [-0.1, -0.05) is 165 Å². The van der Waals surface area contributed by atoms with E-state index in [4.69, 9.17) is 16.3 Å².